The minimum Gasteiger partial charge on any atom is -0.469 e. The molecule has 1 atom stereocenters. The van der Waals surface area contributed by atoms with Crippen LogP contribution in [0, 0.1) is 0 Å². The molecule has 17 heavy (non-hydrogen) atoms. The van der Waals surface area contributed by atoms with E-state index >= 15 is 0 Å². The Morgan fingerprint density at radius 1 is 1.41 bits per heavy atom. The summed E-state index contributed by atoms with van der Waals surface area (Å²) in [5.74, 6) is -0.442. The summed E-state index contributed by atoms with van der Waals surface area (Å²) in [6.45, 7) is 8.39. The van der Waals surface area contributed by atoms with Crippen LogP contribution in [0.2, 0.25) is 0 Å². The molecule has 0 saturated heterocycles. The number of carbonyl (C=O) groups is 1. The molecular formula is C14H19NO2. The van der Waals surface area contributed by atoms with E-state index in [9.17, 15) is 4.79 Å². The van der Waals surface area contributed by atoms with E-state index in [0.717, 1.165) is 23.4 Å². The molecular weight excluding hydrogens is 214 g/mol. The molecule has 92 valence electrons. The highest BCUT2D eigenvalue weighted by atomic mass is 16.5. The van der Waals surface area contributed by atoms with Crippen molar-refractivity contribution in [2.45, 2.75) is 19.8 Å². The molecule has 1 rings (SSSR count). The third kappa shape index (κ3) is 3.94. The highest BCUT2D eigenvalue weighted by Gasteiger charge is 2.14. The summed E-state index contributed by atoms with van der Waals surface area (Å²) in [5, 5.41) is 3.24. The second-order valence-electron chi connectivity index (χ2n) is 4.18. The van der Waals surface area contributed by atoms with Crippen LogP contribution in [0.25, 0.3) is 0 Å². The summed E-state index contributed by atoms with van der Waals surface area (Å²) in [4.78, 5) is 11.4. The number of nitrogens with one attached hydrogen (secondary N) is 1. The summed E-state index contributed by atoms with van der Waals surface area (Å²) in [7, 11) is 1.40. The van der Waals surface area contributed by atoms with E-state index in [1.165, 1.54) is 7.11 Å². The summed E-state index contributed by atoms with van der Waals surface area (Å²) in [6.07, 6.45) is 0. The fraction of sp³-hybridized carbons (Fsp3) is 0.357. The number of esters is 1. The standard InChI is InChI=1S/C14H19NO2/c1-10(2)9-15-13-7-5-12(6-8-13)11(3)14(16)17-4/h5-8,11,15H,1,9H2,2-4H3/t11-/m1/s1. The zero-order valence-electron chi connectivity index (χ0n) is 10.6. The number of benzene rings is 1. The van der Waals surface area contributed by atoms with Crippen LogP contribution >= 0.6 is 0 Å². The van der Waals surface area contributed by atoms with Gasteiger partial charge in [-0.15, -0.1) is 0 Å². The summed E-state index contributed by atoms with van der Waals surface area (Å²) in [6, 6.07) is 7.78. The molecule has 1 N–H and O–H groups in total. The van der Waals surface area contributed by atoms with Gasteiger partial charge in [0.1, 0.15) is 0 Å². The third-order valence-corrected chi connectivity index (χ3v) is 2.56. The Kier molecular flexibility index (Phi) is 4.76. The molecule has 0 heterocycles. The van der Waals surface area contributed by atoms with E-state index < -0.39 is 0 Å². The first kappa shape index (κ1) is 13.3. The lowest BCUT2D eigenvalue weighted by atomic mass is 10.0. The van der Waals surface area contributed by atoms with Gasteiger partial charge in [-0.05, 0) is 31.5 Å². The first-order valence-corrected chi connectivity index (χ1v) is 5.60. The molecule has 1 aromatic carbocycles. The molecule has 0 fully saturated rings. The monoisotopic (exact) mass is 233 g/mol. The molecule has 1 aromatic rings. The van der Waals surface area contributed by atoms with E-state index in [1.54, 1.807) is 0 Å². The number of anilines is 1. The number of methoxy groups -OCH3 is 1. The Balaban J connectivity index is 2.67. The zero-order valence-corrected chi connectivity index (χ0v) is 10.6. The second-order valence-corrected chi connectivity index (χ2v) is 4.18. The van der Waals surface area contributed by atoms with Crippen molar-refractivity contribution in [1.29, 1.82) is 0 Å². The van der Waals surface area contributed by atoms with E-state index in [2.05, 4.69) is 11.9 Å². The lowest BCUT2D eigenvalue weighted by Crippen LogP contribution is -2.10. The molecule has 3 nitrogen and oxygen atoms in total. The summed E-state index contributed by atoms with van der Waals surface area (Å²) < 4.78 is 4.71. The number of hydrogen-bond acceptors (Lipinski definition) is 3. The fourth-order valence-corrected chi connectivity index (χ4v) is 1.46. The lowest BCUT2D eigenvalue weighted by Gasteiger charge is -2.11. The van der Waals surface area contributed by atoms with Crippen molar-refractivity contribution >= 4 is 11.7 Å². The van der Waals surface area contributed by atoms with Gasteiger partial charge in [0.05, 0.1) is 13.0 Å². The van der Waals surface area contributed by atoms with E-state index in [1.807, 2.05) is 38.1 Å². The predicted octanol–water partition coefficient (Wildman–Crippen LogP) is 2.95. The normalized spacial score (nSPS) is 11.7. The van der Waals surface area contributed by atoms with Gasteiger partial charge in [0.2, 0.25) is 0 Å². The molecule has 0 aliphatic heterocycles. The van der Waals surface area contributed by atoms with Crippen LogP contribution in [0.1, 0.15) is 25.3 Å². The van der Waals surface area contributed by atoms with Crippen LogP contribution in [0.3, 0.4) is 0 Å². The molecule has 0 unspecified atom stereocenters. The first-order valence-electron chi connectivity index (χ1n) is 5.60. The van der Waals surface area contributed by atoms with Gasteiger partial charge in [-0.1, -0.05) is 24.3 Å². The highest BCUT2D eigenvalue weighted by molar-refractivity contribution is 5.77. The largest absolute Gasteiger partial charge is 0.469 e. The molecule has 0 radical (unpaired) electrons. The molecule has 0 aliphatic rings. The second kappa shape index (κ2) is 6.09. The molecule has 3 heteroatoms. The SMILES string of the molecule is C=C(C)CNc1ccc([C@@H](C)C(=O)OC)cc1. The molecule has 0 aromatic heterocycles. The van der Waals surface area contributed by atoms with Crippen LogP contribution in [0.4, 0.5) is 5.69 Å². The molecule has 0 amide bonds. The first-order chi connectivity index (χ1) is 8.04. The Morgan fingerprint density at radius 3 is 2.47 bits per heavy atom. The maximum absolute atomic E-state index is 11.4. The average Bonchev–Trinajstić information content (AvgIpc) is 2.35. The maximum atomic E-state index is 11.4. The van der Waals surface area contributed by atoms with Crippen molar-refractivity contribution < 1.29 is 9.53 Å². The van der Waals surface area contributed by atoms with Crippen LogP contribution < -0.4 is 5.32 Å². The smallest absolute Gasteiger partial charge is 0.312 e. The van der Waals surface area contributed by atoms with Gasteiger partial charge in [0, 0.05) is 12.2 Å². The molecule has 0 saturated carbocycles. The number of carbonyl (C=O) groups excluding carboxylic acids is 1. The van der Waals surface area contributed by atoms with Crippen molar-refractivity contribution in [1.82, 2.24) is 0 Å². The van der Waals surface area contributed by atoms with E-state index in [-0.39, 0.29) is 11.9 Å². The topological polar surface area (TPSA) is 38.3 Å². The van der Waals surface area contributed by atoms with Gasteiger partial charge in [-0.3, -0.25) is 4.79 Å². The molecule has 0 spiro atoms. The maximum Gasteiger partial charge on any atom is 0.312 e. The Morgan fingerprint density at radius 2 is 2.00 bits per heavy atom. The average molecular weight is 233 g/mol. The summed E-state index contributed by atoms with van der Waals surface area (Å²) in [5.41, 5.74) is 3.06. The zero-order chi connectivity index (χ0) is 12.8. The van der Waals surface area contributed by atoms with E-state index in [4.69, 9.17) is 4.74 Å². The predicted molar refractivity (Wildman–Crippen MR) is 70.2 cm³/mol. The molecule has 0 bridgehead atoms. The van der Waals surface area contributed by atoms with Crippen molar-refractivity contribution in [3.05, 3.63) is 42.0 Å². The third-order valence-electron chi connectivity index (χ3n) is 2.56. The van der Waals surface area contributed by atoms with Crippen LogP contribution in [-0.2, 0) is 9.53 Å². The van der Waals surface area contributed by atoms with Crippen LogP contribution in [0.15, 0.2) is 36.4 Å². The van der Waals surface area contributed by atoms with Gasteiger partial charge in [0.25, 0.3) is 0 Å². The Hall–Kier alpha value is -1.77. The van der Waals surface area contributed by atoms with Crippen molar-refractivity contribution in [3.8, 4) is 0 Å². The minimum atomic E-state index is -0.227. The quantitative estimate of drug-likeness (QED) is 0.627. The minimum absolute atomic E-state index is 0.215. The Labute approximate surface area is 102 Å². The van der Waals surface area contributed by atoms with Gasteiger partial charge in [-0.2, -0.15) is 0 Å². The van der Waals surface area contributed by atoms with Crippen LogP contribution in [-0.4, -0.2) is 19.6 Å². The number of rotatable bonds is 5. The Bertz CT molecular complexity index is 395. The van der Waals surface area contributed by atoms with Crippen molar-refractivity contribution in [2.24, 2.45) is 0 Å². The van der Waals surface area contributed by atoms with Gasteiger partial charge < -0.3 is 10.1 Å². The van der Waals surface area contributed by atoms with Crippen LogP contribution in [0.5, 0.6) is 0 Å². The van der Waals surface area contributed by atoms with Crippen molar-refractivity contribution in [2.75, 3.05) is 19.0 Å². The number of ether oxygens (including phenoxy) is 1. The highest BCUT2D eigenvalue weighted by Crippen LogP contribution is 2.19. The van der Waals surface area contributed by atoms with Gasteiger partial charge in [0.15, 0.2) is 0 Å². The van der Waals surface area contributed by atoms with E-state index in [0.29, 0.717) is 0 Å². The van der Waals surface area contributed by atoms with Crippen molar-refractivity contribution in [3.63, 3.8) is 0 Å². The fourth-order valence-electron chi connectivity index (χ4n) is 1.46. The lowest BCUT2D eigenvalue weighted by molar-refractivity contribution is -0.141. The molecule has 0 aliphatic carbocycles. The summed E-state index contributed by atoms with van der Waals surface area (Å²) >= 11 is 0. The number of hydrogen-bond donors (Lipinski definition) is 1. The van der Waals surface area contributed by atoms with Gasteiger partial charge in [-0.25, -0.2) is 0 Å². The van der Waals surface area contributed by atoms with Gasteiger partial charge >= 0.3 is 5.97 Å².